The van der Waals surface area contributed by atoms with Gasteiger partial charge in [-0.15, -0.1) is 0 Å². The lowest BCUT2D eigenvalue weighted by Crippen LogP contribution is -2.33. The summed E-state index contributed by atoms with van der Waals surface area (Å²) >= 11 is 12.5. The second kappa shape index (κ2) is 8.72. The number of carbonyl (C=O) groups excluding carboxylic acids is 3. The van der Waals surface area contributed by atoms with Gasteiger partial charge in [-0.3, -0.25) is 4.79 Å². The van der Waals surface area contributed by atoms with Gasteiger partial charge in [-0.05, 0) is 43.3 Å². The molecule has 10 heteroatoms. The number of halogens is 2. The average molecular weight is 475 g/mol. The fraction of sp³-hybridized carbons (Fsp3) is 0.227. The van der Waals surface area contributed by atoms with Crippen molar-refractivity contribution in [3.63, 3.8) is 0 Å². The van der Waals surface area contributed by atoms with Crippen molar-refractivity contribution in [2.24, 2.45) is 0 Å². The molecular formula is C22H19Cl2N3O5. The molecule has 2 aromatic carbocycles. The summed E-state index contributed by atoms with van der Waals surface area (Å²) in [6.07, 6.45) is 0. The zero-order valence-electron chi connectivity index (χ0n) is 17.3. The third-order valence-electron chi connectivity index (χ3n) is 5.11. The quantitative estimate of drug-likeness (QED) is 0.415. The molecule has 1 aliphatic heterocycles. The lowest BCUT2D eigenvalue weighted by Gasteiger charge is -2.18. The molecule has 3 aromatic rings. The van der Waals surface area contributed by atoms with E-state index in [4.69, 9.17) is 32.7 Å². The minimum Gasteiger partial charge on any atom is -0.497 e. The minimum absolute atomic E-state index is 0.0211. The van der Waals surface area contributed by atoms with Crippen molar-refractivity contribution in [2.45, 2.75) is 13.5 Å². The number of hydrogen-bond donors (Lipinski definition) is 1. The largest absolute Gasteiger partial charge is 0.497 e. The molecule has 32 heavy (non-hydrogen) atoms. The maximum Gasteiger partial charge on any atom is 0.355 e. The first-order valence-corrected chi connectivity index (χ1v) is 10.5. The van der Waals surface area contributed by atoms with E-state index in [0.29, 0.717) is 37.9 Å². The molecule has 3 amide bonds. The SMILES string of the molecule is CCOC(=O)c1[nH]c2cc(Cl)cc(Cl)c2c1CN1CC(=O)N(c2ccc(O[11CH3])cc2)C1=O. The number of fused-ring (bicyclic) bond motifs is 1. The van der Waals surface area contributed by atoms with E-state index in [9.17, 15) is 14.4 Å². The highest BCUT2D eigenvalue weighted by atomic mass is 35.5. The Bertz CT molecular complexity index is 1220. The Balaban J connectivity index is 1.71. The fourth-order valence-electron chi connectivity index (χ4n) is 3.70. The Morgan fingerprint density at radius 3 is 2.53 bits per heavy atom. The first kappa shape index (κ1) is 22.0. The molecule has 0 aliphatic carbocycles. The first-order chi connectivity index (χ1) is 15.3. The van der Waals surface area contributed by atoms with Gasteiger partial charge in [0.25, 0.3) is 5.91 Å². The van der Waals surface area contributed by atoms with E-state index in [1.54, 1.807) is 43.3 Å². The minimum atomic E-state index is -0.587. The van der Waals surface area contributed by atoms with Gasteiger partial charge in [0.2, 0.25) is 0 Å². The van der Waals surface area contributed by atoms with Gasteiger partial charge in [0.1, 0.15) is 18.0 Å². The van der Waals surface area contributed by atoms with E-state index in [1.807, 2.05) is 0 Å². The van der Waals surface area contributed by atoms with Crippen molar-refractivity contribution in [1.82, 2.24) is 9.88 Å². The van der Waals surface area contributed by atoms with Crippen LogP contribution in [0.1, 0.15) is 23.0 Å². The number of nitrogens with one attached hydrogen (secondary N) is 1. The highest BCUT2D eigenvalue weighted by Gasteiger charge is 2.38. The summed E-state index contributed by atoms with van der Waals surface area (Å²) in [5, 5.41) is 1.25. The molecule has 0 atom stereocenters. The molecule has 0 radical (unpaired) electrons. The molecule has 1 saturated heterocycles. The number of ether oxygens (including phenoxy) is 2. The van der Waals surface area contributed by atoms with Crippen molar-refractivity contribution < 1.29 is 23.9 Å². The number of imide groups is 1. The van der Waals surface area contributed by atoms with Crippen molar-refractivity contribution in [3.8, 4) is 5.75 Å². The van der Waals surface area contributed by atoms with Crippen LogP contribution in [-0.2, 0) is 16.1 Å². The first-order valence-electron chi connectivity index (χ1n) is 9.76. The van der Waals surface area contributed by atoms with Crippen LogP contribution in [0.4, 0.5) is 10.5 Å². The normalized spacial score (nSPS) is 13.9. The Morgan fingerprint density at radius 1 is 1.16 bits per heavy atom. The van der Waals surface area contributed by atoms with Crippen LogP contribution >= 0.6 is 23.2 Å². The van der Waals surface area contributed by atoms with Crippen LogP contribution in [0.15, 0.2) is 36.4 Å². The van der Waals surface area contributed by atoms with Gasteiger partial charge in [0, 0.05) is 21.5 Å². The number of nitrogens with zero attached hydrogens (tertiary/aromatic N) is 2. The van der Waals surface area contributed by atoms with Crippen molar-refractivity contribution in [1.29, 1.82) is 0 Å². The predicted octanol–water partition coefficient (Wildman–Crippen LogP) is 4.63. The second-order valence-corrected chi connectivity index (χ2v) is 7.92. The number of esters is 1. The van der Waals surface area contributed by atoms with Gasteiger partial charge in [0.15, 0.2) is 0 Å². The summed E-state index contributed by atoms with van der Waals surface area (Å²) in [6, 6.07) is 9.28. The molecular weight excluding hydrogens is 456 g/mol. The molecule has 1 aliphatic rings. The second-order valence-electron chi connectivity index (χ2n) is 7.08. The molecule has 0 spiro atoms. The number of urea groups is 1. The van der Waals surface area contributed by atoms with Gasteiger partial charge in [-0.2, -0.15) is 0 Å². The summed E-state index contributed by atoms with van der Waals surface area (Å²) in [4.78, 5) is 43.8. The molecule has 0 unspecified atom stereocenters. The number of carbonyl (C=O) groups is 3. The molecule has 8 nitrogen and oxygen atoms in total. The third-order valence-corrected chi connectivity index (χ3v) is 5.63. The summed E-state index contributed by atoms with van der Waals surface area (Å²) in [5.74, 6) is -0.362. The van der Waals surface area contributed by atoms with E-state index >= 15 is 0 Å². The summed E-state index contributed by atoms with van der Waals surface area (Å²) in [6.45, 7) is 1.70. The van der Waals surface area contributed by atoms with Crippen LogP contribution in [0.5, 0.6) is 5.75 Å². The number of amides is 3. The van der Waals surface area contributed by atoms with Gasteiger partial charge < -0.3 is 19.4 Å². The van der Waals surface area contributed by atoms with E-state index in [-0.39, 0.29) is 31.3 Å². The van der Waals surface area contributed by atoms with E-state index in [1.165, 1.54) is 12.0 Å². The van der Waals surface area contributed by atoms with Crippen LogP contribution in [0.25, 0.3) is 10.9 Å². The average Bonchev–Trinajstić information content (AvgIpc) is 3.25. The van der Waals surface area contributed by atoms with Crippen LogP contribution < -0.4 is 9.64 Å². The van der Waals surface area contributed by atoms with Crippen molar-refractivity contribution >= 4 is 57.7 Å². The van der Waals surface area contributed by atoms with E-state index < -0.39 is 12.0 Å². The number of rotatable bonds is 6. The predicted molar refractivity (Wildman–Crippen MR) is 121 cm³/mol. The molecule has 0 saturated carbocycles. The van der Waals surface area contributed by atoms with Crippen LogP contribution in [0, 0.1) is 0 Å². The molecule has 166 valence electrons. The Hall–Kier alpha value is -3.23. The standard InChI is InChI=1S/C22H19Cl2N3O5/c1-3-32-21(29)20-15(19-16(24)8-12(23)9-17(19)25-20)10-26-11-18(28)27(22(26)30)13-4-6-14(31-2)7-5-13/h4-9,25H,3,10-11H2,1-2H3/i2-1. The third kappa shape index (κ3) is 3.87. The number of methoxy groups -OCH3 is 1. The number of H-pyrrole nitrogens is 1. The number of aromatic nitrogens is 1. The number of anilines is 1. The lowest BCUT2D eigenvalue weighted by atomic mass is 10.1. The summed E-state index contributed by atoms with van der Waals surface area (Å²) in [7, 11) is 1.53. The molecule has 0 bridgehead atoms. The van der Waals surface area contributed by atoms with Crippen molar-refractivity contribution in [3.05, 3.63) is 57.7 Å². The molecule has 1 N–H and O–H groups in total. The summed E-state index contributed by atoms with van der Waals surface area (Å²) in [5.41, 5.74) is 1.58. The van der Waals surface area contributed by atoms with Crippen molar-refractivity contribution in [2.75, 3.05) is 25.2 Å². The highest BCUT2D eigenvalue weighted by molar-refractivity contribution is 6.39. The lowest BCUT2D eigenvalue weighted by molar-refractivity contribution is -0.116. The van der Waals surface area contributed by atoms with Gasteiger partial charge in [0.05, 0.1) is 31.0 Å². The number of hydrogen-bond acceptors (Lipinski definition) is 5. The topological polar surface area (TPSA) is 91.9 Å². The Morgan fingerprint density at radius 2 is 1.88 bits per heavy atom. The zero-order chi connectivity index (χ0) is 23.0. The van der Waals surface area contributed by atoms with Crippen LogP contribution in [0.2, 0.25) is 10.0 Å². The molecule has 4 rings (SSSR count). The summed E-state index contributed by atoms with van der Waals surface area (Å²) < 4.78 is 10.3. The molecule has 1 fully saturated rings. The maximum atomic E-state index is 13.1. The monoisotopic (exact) mass is 474 g/mol. The smallest absolute Gasteiger partial charge is 0.355 e. The molecule has 1 aromatic heterocycles. The van der Waals surface area contributed by atoms with Gasteiger partial charge in [-0.1, -0.05) is 23.2 Å². The van der Waals surface area contributed by atoms with Crippen LogP contribution in [0.3, 0.4) is 0 Å². The Labute approximate surface area is 193 Å². The van der Waals surface area contributed by atoms with Crippen LogP contribution in [-0.4, -0.2) is 48.1 Å². The van der Waals surface area contributed by atoms with Gasteiger partial charge >= 0.3 is 12.0 Å². The highest BCUT2D eigenvalue weighted by Crippen LogP contribution is 2.35. The number of benzene rings is 2. The fourth-order valence-corrected chi connectivity index (χ4v) is 4.31. The van der Waals surface area contributed by atoms with E-state index in [0.717, 1.165) is 4.90 Å². The Kier molecular flexibility index (Phi) is 5.99. The molecule has 2 heterocycles. The van der Waals surface area contributed by atoms with E-state index in [2.05, 4.69) is 4.98 Å². The maximum absolute atomic E-state index is 13.1. The number of aromatic amines is 1. The van der Waals surface area contributed by atoms with Gasteiger partial charge in [-0.25, -0.2) is 14.5 Å². The zero-order valence-corrected chi connectivity index (χ0v) is 18.8.